The minimum Gasteiger partial charge on any atom is -0.355 e. The first-order valence-electron chi connectivity index (χ1n) is 7.48. The summed E-state index contributed by atoms with van der Waals surface area (Å²) in [6.45, 7) is 2.78. The van der Waals surface area contributed by atoms with Crippen LogP contribution in [0, 0.1) is 6.92 Å². The van der Waals surface area contributed by atoms with Gasteiger partial charge in [0.1, 0.15) is 0 Å². The Balaban J connectivity index is 1.56. The van der Waals surface area contributed by atoms with Crippen LogP contribution in [0.2, 0.25) is 5.02 Å². The molecule has 2 aromatic carbocycles. The molecule has 2 rings (SSSR count). The summed E-state index contributed by atoms with van der Waals surface area (Å²) < 4.78 is 0. The van der Waals surface area contributed by atoms with Gasteiger partial charge in [0.05, 0.1) is 0 Å². The molecular weight excluding hydrogens is 346 g/mol. The van der Waals surface area contributed by atoms with E-state index in [0.717, 1.165) is 21.4 Å². The molecule has 0 aliphatic heterocycles. The zero-order chi connectivity index (χ0) is 16.5. The fraction of sp³-hybridized carbons (Fsp3) is 0.278. The summed E-state index contributed by atoms with van der Waals surface area (Å²) in [6, 6.07) is 16.1. The van der Waals surface area contributed by atoms with Crippen LogP contribution in [0.5, 0.6) is 0 Å². The number of nitrogens with one attached hydrogen (secondary N) is 1. The summed E-state index contributed by atoms with van der Waals surface area (Å²) in [7, 11) is 0. The first-order chi connectivity index (χ1) is 11.1. The number of carbonyl (C=O) groups is 1. The Morgan fingerprint density at radius 3 is 2.17 bits per heavy atom. The van der Waals surface area contributed by atoms with Crippen LogP contribution in [0.15, 0.2) is 58.3 Å². The van der Waals surface area contributed by atoms with Crippen LogP contribution >= 0.6 is 35.1 Å². The van der Waals surface area contributed by atoms with Crippen molar-refractivity contribution in [2.24, 2.45) is 0 Å². The Morgan fingerprint density at radius 1 is 0.957 bits per heavy atom. The highest BCUT2D eigenvalue weighted by Crippen LogP contribution is 2.21. The van der Waals surface area contributed by atoms with E-state index >= 15 is 0 Å². The lowest BCUT2D eigenvalue weighted by atomic mass is 10.2. The molecule has 23 heavy (non-hydrogen) atoms. The van der Waals surface area contributed by atoms with Crippen molar-refractivity contribution in [3.05, 3.63) is 59.1 Å². The molecule has 1 N–H and O–H groups in total. The van der Waals surface area contributed by atoms with Gasteiger partial charge in [-0.2, -0.15) is 0 Å². The number of carbonyl (C=O) groups excluding carboxylic acids is 1. The van der Waals surface area contributed by atoms with Gasteiger partial charge in [0.15, 0.2) is 0 Å². The van der Waals surface area contributed by atoms with E-state index in [9.17, 15) is 4.79 Å². The van der Waals surface area contributed by atoms with E-state index in [-0.39, 0.29) is 5.91 Å². The lowest BCUT2D eigenvalue weighted by Gasteiger charge is -2.06. The summed E-state index contributed by atoms with van der Waals surface area (Å²) in [5.74, 6) is 1.77. The molecule has 0 unspecified atom stereocenters. The van der Waals surface area contributed by atoms with Gasteiger partial charge in [-0.15, -0.1) is 23.5 Å². The Labute approximate surface area is 151 Å². The third-order valence-electron chi connectivity index (χ3n) is 3.13. The Kier molecular flexibility index (Phi) is 7.86. The van der Waals surface area contributed by atoms with Crippen molar-refractivity contribution < 1.29 is 4.79 Å². The van der Waals surface area contributed by atoms with Crippen molar-refractivity contribution in [1.29, 1.82) is 0 Å². The molecule has 122 valence electrons. The van der Waals surface area contributed by atoms with Crippen LogP contribution in [-0.2, 0) is 4.79 Å². The number of benzene rings is 2. The monoisotopic (exact) mass is 365 g/mol. The lowest BCUT2D eigenvalue weighted by molar-refractivity contribution is -0.120. The number of aryl methyl sites for hydroxylation is 1. The van der Waals surface area contributed by atoms with Gasteiger partial charge in [-0.05, 0) is 43.3 Å². The number of halogens is 1. The highest BCUT2D eigenvalue weighted by Gasteiger charge is 2.02. The molecule has 0 atom stereocenters. The van der Waals surface area contributed by atoms with E-state index in [4.69, 9.17) is 11.6 Å². The molecule has 0 aliphatic carbocycles. The number of thioether (sulfide) groups is 2. The van der Waals surface area contributed by atoms with Gasteiger partial charge >= 0.3 is 0 Å². The quantitative estimate of drug-likeness (QED) is 0.525. The molecule has 0 fully saturated rings. The molecule has 0 spiro atoms. The molecule has 0 saturated heterocycles. The SMILES string of the molecule is Cc1ccc(SCCNC(=O)CCSc2ccc(Cl)cc2)cc1. The zero-order valence-corrected chi connectivity index (χ0v) is 15.4. The maximum atomic E-state index is 11.8. The molecule has 0 aromatic heterocycles. The van der Waals surface area contributed by atoms with Crippen molar-refractivity contribution in [3.63, 3.8) is 0 Å². The van der Waals surface area contributed by atoms with Crippen LogP contribution < -0.4 is 5.32 Å². The maximum absolute atomic E-state index is 11.8. The van der Waals surface area contributed by atoms with E-state index < -0.39 is 0 Å². The van der Waals surface area contributed by atoms with Gasteiger partial charge in [0.2, 0.25) is 5.91 Å². The summed E-state index contributed by atoms with van der Waals surface area (Å²) >= 11 is 9.27. The van der Waals surface area contributed by atoms with Crippen LogP contribution in [-0.4, -0.2) is 24.0 Å². The normalized spacial score (nSPS) is 10.5. The molecule has 0 saturated carbocycles. The van der Waals surface area contributed by atoms with E-state index in [1.165, 1.54) is 10.5 Å². The Morgan fingerprint density at radius 2 is 1.52 bits per heavy atom. The zero-order valence-electron chi connectivity index (χ0n) is 13.0. The third-order valence-corrected chi connectivity index (χ3v) is 5.40. The van der Waals surface area contributed by atoms with E-state index in [1.54, 1.807) is 23.5 Å². The van der Waals surface area contributed by atoms with Crippen LogP contribution in [0.3, 0.4) is 0 Å². The smallest absolute Gasteiger partial charge is 0.220 e. The molecule has 0 aliphatic rings. The van der Waals surface area contributed by atoms with Crippen molar-refractivity contribution in [2.75, 3.05) is 18.1 Å². The third kappa shape index (κ3) is 7.34. The van der Waals surface area contributed by atoms with Gasteiger partial charge in [0, 0.05) is 39.3 Å². The van der Waals surface area contributed by atoms with Gasteiger partial charge < -0.3 is 5.32 Å². The Hall–Kier alpha value is -1.10. The average Bonchev–Trinajstić information content (AvgIpc) is 2.55. The standard InChI is InChI=1S/C18H20ClNOS2/c1-14-2-6-16(7-3-14)23-13-11-20-18(21)10-12-22-17-8-4-15(19)5-9-17/h2-9H,10-13H2,1H3,(H,20,21). The second-order valence-electron chi connectivity index (χ2n) is 5.06. The molecule has 5 heteroatoms. The fourth-order valence-electron chi connectivity index (χ4n) is 1.87. The Bertz CT molecular complexity index is 614. The van der Waals surface area contributed by atoms with Crippen LogP contribution in [0.1, 0.15) is 12.0 Å². The van der Waals surface area contributed by atoms with Gasteiger partial charge in [0.25, 0.3) is 0 Å². The van der Waals surface area contributed by atoms with Gasteiger partial charge in [-0.1, -0.05) is 29.3 Å². The van der Waals surface area contributed by atoms with Crippen LogP contribution in [0.25, 0.3) is 0 Å². The molecule has 0 bridgehead atoms. The highest BCUT2D eigenvalue weighted by atomic mass is 35.5. The number of hydrogen-bond acceptors (Lipinski definition) is 3. The minimum absolute atomic E-state index is 0.107. The van der Waals surface area contributed by atoms with E-state index in [0.29, 0.717) is 13.0 Å². The topological polar surface area (TPSA) is 29.1 Å². The second kappa shape index (κ2) is 9.91. The van der Waals surface area contributed by atoms with Gasteiger partial charge in [-0.25, -0.2) is 0 Å². The highest BCUT2D eigenvalue weighted by molar-refractivity contribution is 7.99. The van der Waals surface area contributed by atoms with Crippen LogP contribution in [0.4, 0.5) is 0 Å². The minimum atomic E-state index is 0.107. The largest absolute Gasteiger partial charge is 0.355 e. The summed E-state index contributed by atoms with van der Waals surface area (Å²) in [6.07, 6.45) is 0.530. The van der Waals surface area contributed by atoms with E-state index in [1.807, 2.05) is 24.3 Å². The van der Waals surface area contributed by atoms with Crippen molar-refractivity contribution in [1.82, 2.24) is 5.32 Å². The molecule has 2 aromatic rings. The lowest BCUT2D eigenvalue weighted by Crippen LogP contribution is -2.25. The van der Waals surface area contributed by atoms with Crippen molar-refractivity contribution >= 4 is 41.0 Å². The molecular formula is C18H20ClNOS2. The molecule has 0 radical (unpaired) electrons. The molecule has 0 heterocycles. The average molecular weight is 366 g/mol. The summed E-state index contributed by atoms with van der Waals surface area (Å²) in [5.41, 5.74) is 1.26. The maximum Gasteiger partial charge on any atom is 0.220 e. The number of amides is 1. The first kappa shape index (κ1) is 18.2. The molecule has 1 amide bonds. The fourth-order valence-corrected chi connectivity index (χ4v) is 3.62. The number of hydrogen-bond donors (Lipinski definition) is 1. The predicted octanol–water partition coefficient (Wildman–Crippen LogP) is 5.04. The number of rotatable bonds is 8. The van der Waals surface area contributed by atoms with E-state index in [2.05, 4.69) is 36.5 Å². The van der Waals surface area contributed by atoms with Crippen molar-refractivity contribution in [3.8, 4) is 0 Å². The van der Waals surface area contributed by atoms with Gasteiger partial charge in [-0.3, -0.25) is 4.79 Å². The second-order valence-corrected chi connectivity index (χ2v) is 7.84. The summed E-state index contributed by atoms with van der Waals surface area (Å²) in [4.78, 5) is 14.2. The molecule has 2 nitrogen and oxygen atoms in total. The summed E-state index contributed by atoms with van der Waals surface area (Å²) in [5, 5.41) is 3.70. The van der Waals surface area contributed by atoms with Crippen molar-refractivity contribution in [2.45, 2.75) is 23.1 Å². The first-order valence-corrected chi connectivity index (χ1v) is 9.83. The predicted molar refractivity (Wildman–Crippen MR) is 102 cm³/mol.